The Labute approximate surface area is 131 Å². The van der Waals surface area contributed by atoms with E-state index in [9.17, 15) is 8.42 Å². The molecule has 1 aromatic carbocycles. The summed E-state index contributed by atoms with van der Waals surface area (Å²) in [7, 11) is -3.38. The Kier molecular flexibility index (Phi) is 4.76. The molecule has 3 rings (SSSR count). The third-order valence-electron chi connectivity index (χ3n) is 4.10. The fraction of sp³-hybridized carbons (Fsp3) is 0.600. The molecule has 116 valence electrons. The van der Waals surface area contributed by atoms with E-state index < -0.39 is 10.0 Å². The van der Waals surface area contributed by atoms with E-state index in [1.807, 2.05) is 23.9 Å². The van der Waals surface area contributed by atoms with Gasteiger partial charge in [0, 0.05) is 24.0 Å². The highest BCUT2D eigenvalue weighted by Gasteiger charge is 2.20. The van der Waals surface area contributed by atoms with E-state index in [1.54, 1.807) is 6.07 Å². The Morgan fingerprint density at radius 1 is 1.29 bits per heavy atom. The van der Waals surface area contributed by atoms with Gasteiger partial charge in [-0.15, -0.1) is 0 Å². The Hall–Kier alpha value is -0.720. The van der Waals surface area contributed by atoms with Crippen LogP contribution in [0.5, 0.6) is 0 Å². The van der Waals surface area contributed by atoms with Crippen LogP contribution in [0.25, 0.3) is 0 Å². The summed E-state index contributed by atoms with van der Waals surface area (Å²) in [4.78, 5) is 0.394. The van der Waals surface area contributed by atoms with Gasteiger partial charge in [-0.25, -0.2) is 13.1 Å². The normalized spacial score (nSPS) is 22.4. The molecule has 0 spiro atoms. The molecule has 21 heavy (non-hydrogen) atoms. The molecule has 4 nitrogen and oxygen atoms in total. The van der Waals surface area contributed by atoms with Gasteiger partial charge < -0.3 is 5.32 Å². The van der Waals surface area contributed by atoms with Gasteiger partial charge in [-0.3, -0.25) is 0 Å². The lowest BCUT2D eigenvalue weighted by molar-refractivity contribution is 0.573. The van der Waals surface area contributed by atoms with Crippen molar-refractivity contribution < 1.29 is 8.42 Å². The predicted octanol–water partition coefficient (Wildman–Crippen LogP) is 2.61. The number of anilines is 1. The van der Waals surface area contributed by atoms with Crippen molar-refractivity contribution in [2.45, 2.75) is 42.2 Å². The van der Waals surface area contributed by atoms with E-state index in [1.165, 1.54) is 12.8 Å². The SMILES string of the molecule is O=S(=O)(NCC1CCCCS1)c1ccc2c(c1)CCCN2. The Morgan fingerprint density at radius 3 is 3.00 bits per heavy atom. The molecule has 0 amide bonds. The topological polar surface area (TPSA) is 58.2 Å². The molecule has 0 aliphatic carbocycles. The van der Waals surface area contributed by atoms with Crippen LogP contribution in [-0.4, -0.2) is 32.5 Å². The minimum atomic E-state index is -3.38. The first-order valence-corrected chi connectivity index (χ1v) is 10.2. The minimum absolute atomic E-state index is 0.394. The summed E-state index contributed by atoms with van der Waals surface area (Å²) in [5, 5.41) is 3.73. The first-order valence-electron chi connectivity index (χ1n) is 7.63. The molecule has 0 saturated carbocycles. The van der Waals surface area contributed by atoms with Crippen LogP contribution in [0.15, 0.2) is 23.1 Å². The predicted molar refractivity (Wildman–Crippen MR) is 88.5 cm³/mol. The molecule has 0 radical (unpaired) electrons. The fourth-order valence-corrected chi connectivity index (χ4v) is 5.35. The van der Waals surface area contributed by atoms with Gasteiger partial charge in [0.05, 0.1) is 4.90 Å². The summed E-state index contributed by atoms with van der Waals surface area (Å²) in [6.45, 7) is 1.51. The maximum atomic E-state index is 12.4. The highest BCUT2D eigenvalue weighted by Crippen LogP contribution is 2.26. The lowest BCUT2D eigenvalue weighted by atomic mass is 10.0. The lowest BCUT2D eigenvalue weighted by Gasteiger charge is -2.22. The van der Waals surface area contributed by atoms with Crippen LogP contribution < -0.4 is 10.0 Å². The average Bonchev–Trinajstić information content (AvgIpc) is 2.53. The molecule has 1 unspecified atom stereocenters. The molecule has 2 N–H and O–H groups in total. The molecule has 1 atom stereocenters. The third-order valence-corrected chi connectivity index (χ3v) is 6.92. The average molecular weight is 326 g/mol. The van der Waals surface area contributed by atoms with Crippen LogP contribution in [-0.2, 0) is 16.4 Å². The number of nitrogens with one attached hydrogen (secondary N) is 2. The molecule has 2 aliphatic heterocycles. The van der Waals surface area contributed by atoms with Crippen LogP contribution in [0, 0.1) is 0 Å². The number of thioether (sulfide) groups is 1. The molecule has 0 aromatic heterocycles. The number of hydrogen-bond acceptors (Lipinski definition) is 4. The van der Waals surface area contributed by atoms with Crippen molar-refractivity contribution >= 4 is 27.5 Å². The molecule has 1 fully saturated rings. The second-order valence-electron chi connectivity index (χ2n) is 5.69. The zero-order chi connectivity index (χ0) is 14.7. The van der Waals surface area contributed by atoms with E-state index in [2.05, 4.69) is 10.0 Å². The number of aryl methyl sites for hydroxylation is 1. The van der Waals surface area contributed by atoms with Crippen molar-refractivity contribution in [1.29, 1.82) is 0 Å². The maximum absolute atomic E-state index is 12.4. The summed E-state index contributed by atoms with van der Waals surface area (Å²) in [5.41, 5.74) is 2.18. The van der Waals surface area contributed by atoms with E-state index in [4.69, 9.17) is 0 Å². The number of rotatable bonds is 4. The zero-order valence-electron chi connectivity index (χ0n) is 12.1. The molecule has 1 saturated heterocycles. The van der Waals surface area contributed by atoms with Crippen LogP contribution in [0.3, 0.4) is 0 Å². The van der Waals surface area contributed by atoms with E-state index in [0.29, 0.717) is 16.7 Å². The first kappa shape index (κ1) is 15.2. The summed E-state index contributed by atoms with van der Waals surface area (Å²) >= 11 is 1.88. The second kappa shape index (κ2) is 6.58. The largest absolute Gasteiger partial charge is 0.385 e. The molecular weight excluding hydrogens is 304 g/mol. The van der Waals surface area contributed by atoms with Gasteiger partial charge in [0.25, 0.3) is 0 Å². The van der Waals surface area contributed by atoms with Crippen molar-refractivity contribution in [2.24, 2.45) is 0 Å². The van der Waals surface area contributed by atoms with Crippen LogP contribution in [0.2, 0.25) is 0 Å². The number of hydrogen-bond donors (Lipinski definition) is 2. The van der Waals surface area contributed by atoms with Gasteiger partial charge in [0.1, 0.15) is 0 Å². The van der Waals surface area contributed by atoms with E-state index in [-0.39, 0.29) is 0 Å². The summed E-state index contributed by atoms with van der Waals surface area (Å²) in [6.07, 6.45) is 5.59. The Bertz CT molecular complexity index is 596. The quantitative estimate of drug-likeness (QED) is 0.893. The molecule has 6 heteroatoms. The Morgan fingerprint density at radius 2 is 2.19 bits per heavy atom. The zero-order valence-corrected chi connectivity index (χ0v) is 13.7. The first-order chi connectivity index (χ1) is 10.1. The van der Waals surface area contributed by atoms with E-state index >= 15 is 0 Å². The standard InChI is InChI=1S/C15H22N2O2S2/c18-21(19,17-11-13-5-1-2-9-20-13)14-6-7-15-12(10-14)4-3-8-16-15/h6-7,10,13,16-17H,1-5,8-9,11H2. The van der Waals surface area contributed by atoms with Crippen LogP contribution >= 0.6 is 11.8 Å². The van der Waals surface area contributed by atoms with Gasteiger partial charge in [0.2, 0.25) is 10.0 Å². The van der Waals surface area contributed by atoms with Crippen molar-refractivity contribution in [1.82, 2.24) is 4.72 Å². The van der Waals surface area contributed by atoms with Gasteiger partial charge in [-0.05, 0) is 55.2 Å². The van der Waals surface area contributed by atoms with Crippen molar-refractivity contribution in [3.63, 3.8) is 0 Å². The van der Waals surface area contributed by atoms with Crippen molar-refractivity contribution in [3.8, 4) is 0 Å². The lowest BCUT2D eigenvalue weighted by Crippen LogP contribution is -2.32. The monoisotopic (exact) mass is 326 g/mol. The smallest absolute Gasteiger partial charge is 0.240 e. The van der Waals surface area contributed by atoms with Gasteiger partial charge >= 0.3 is 0 Å². The molecule has 1 aromatic rings. The number of fused-ring (bicyclic) bond motifs is 1. The van der Waals surface area contributed by atoms with Gasteiger partial charge in [-0.2, -0.15) is 11.8 Å². The molecule has 0 bridgehead atoms. The molecular formula is C15H22N2O2S2. The molecule has 2 aliphatic rings. The highest BCUT2D eigenvalue weighted by molar-refractivity contribution is 8.00. The second-order valence-corrected chi connectivity index (χ2v) is 8.86. The minimum Gasteiger partial charge on any atom is -0.385 e. The van der Waals surface area contributed by atoms with Crippen LogP contribution in [0.4, 0.5) is 5.69 Å². The summed E-state index contributed by atoms with van der Waals surface area (Å²) in [6, 6.07) is 5.41. The number of sulfonamides is 1. The molecule has 2 heterocycles. The van der Waals surface area contributed by atoms with Crippen molar-refractivity contribution in [2.75, 3.05) is 24.2 Å². The Balaban J connectivity index is 1.69. The maximum Gasteiger partial charge on any atom is 0.240 e. The number of benzene rings is 1. The van der Waals surface area contributed by atoms with Gasteiger partial charge in [0.15, 0.2) is 0 Å². The third kappa shape index (κ3) is 3.73. The van der Waals surface area contributed by atoms with E-state index in [0.717, 1.165) is 42.8 Å². The summed E-state index contributed by atoms with van der Waals surface area (Å²) in [5.74, 6) is 1.15. The van der Waals surface area contributed by atoms with Crippen molar-refractivity contribution in [3.05, 3.63) is 23.8 Å². The van der Waals surface area contributed by atoms with Gasteiger partial charge in [-0.1, -0.05) is 6.42 Å². The van der Waals surface area contributed by atoms with Crippen LogP contribution in [0.1, 0.15) is 31.2 Å². The summed E-state index contributed by atoms with van der Waals surface area (Å²) < 4.78 is 27.6. The fourth-order valence-electron chi connectivity index (χ4n) is 2.87. The highest BCUT2D eigenvalue weighted by atomic mass is 32.2.